The fourth-order valence-corrected chi connectivity index (χ4v) is 3.32. The Morgan fingerprint density at radius 1 is 0.812 bits per heavy atom. The summed E-state index contributed by atoms with van der Waals surface area (Å²) in [6.45, 7) is 6.72. The lowest BCUT2D eigenvalue weighted by atomic mass is 9.95. The molecule has 0 N–H and O–H groups in total. The molecular weight excluding hydrogens is 198 g/mol. The Hall–Kier alpha value is -0.0800. The lowest BCUT2D eigenvalue weighted by Gasteiger charge is -2.41. The molecule has 0 radical (unpaired) electrons. The van der Waals surface area contributed by atoms with Crippen LogP contribution in [0.2, 0.25) is 0 Å². The monoisotopic (exact) mass is 225 g/mol. The van der Waals surface area contributed by atoms with Crippen LogP contribution in [0.4, 0.5) is 0 Å². The molecular formula is C14H27NO. The van der Waals surface area contributed by atoms with Gasteiger partial charge in [0, 0.05) is 19.1 Å². The molecule has 0 spiro atoms. The van der Waals surface area contributed by atoms with Crippen molar-refractivity contribution in [3.8, 4) is 0 Å². The topological polar surface area (TPSA) is 12.5 Å². The molecule has 0 bridgehead atoms. The van der Waals surface area contributed by atoms with Crippen LogP contribution >= 0.6 is 0 Å². The normalized spacial score (nSPS) is 35.6. The van der Waals surface area contributed by atoms with Gasteiger partial charge >= 0.3 is 0 Å². The van der Waals surface area contributed by atoms with E-state index in [9.17, 15) is 0 Å². The van der Waals surface area contributed by atoms with Gasteiger partial charge in [-0.1, -0.05) is 32.1 Å². The van der Waals surface area contributed by atoms with E-state index in [2.05, 4.69) is 18.7 Å². The first-order valence-corrected chi connectivity index (χ1v) is 7.15. The van der Waals surface area contributed by atoms with Gasteiger partial charge in [-0.15, -0.1) is 0 Å². The molecule has 2 heteroatoms. The highest BCUT2D eigenvalue weighted by Crippen LogP contribution is 2.24. The van der Waals surface area contributed by atoms with Gasteiger partial charge in [-0.05, 0) is 26.7 Å². The molecule has 2 nitrogen and oxygen atoms in total. The van der Waals surface area contributed by atoms with E-state index in [0.717, 1.165) is 19.1 Å². The van der Waals surface area contributed by atoms with Crippen LogP contribution in [-0.2, 0) is 4.74 Å². The van der Waals surface area contributed by atoms with Gasteiger partial charge in [0.2, 0.25) is 0 Å². The minimum Gasteiger partial charge on any atom is -0.373 e. The van der Waals surface area contributed by atoms with Crippen molar-refractivity contribution < 1.29 is 4.74 Å². The molecule has 2 rings (SSSR count). The summed E-state index contributed by atoms with van der Waals surface area (Å²) in [7, 11) is 0. The van der Waals surface area contributed by atoms with Crippen molar-refractivity contribution in [3.05, 3.63) is 0 Å². The highest BCUT2D eigenvalue weighted by molar-refractivity contribution is 4.80. The van der Waals surface area contributed by atoms with Gasteiger partial charge in [0.05, 0.1) is 12.2 Å². The first-order chi connectivity index (χ1) is 7.75. The Kier molecular flexibility index (Phi) is 4.66. The summed E-state index contributed by atoms with van der Waals surface area (Å²) >= 11 is 0. The van der Waals surface area contributed by atoms with Gasteiger partial charge in [0.25, 0.3) is 0 Å². The van der Waals surface area contributed by atoms with Gasteiger partial charge in [-0.2, -0.15) is 0 Å². The highest BCUT2D eigenvalue weighted by atomic mass is 16.5. The third kappa shape index (κ3) is 3.46. The minimum absolute atomic E-state index is 0.425. The van der Waals surface area contributed by atoms with Crippen molar-refractivity contribution in [2.45, 2.75) is 77.0 Å². The third-order valence-corrected chi connectivity index (χ3v) is 4.04. The molecule has 0 aromatic heterocycles. The van der Waals surface area contributed by atoms with Crippen molar-refractivity contribution >= 4 is 0 Å². The number of hydrogen-bond donors (Lipinski definition) is 0. The molecule has 1 aliphatic carbocycles. The van der Waals surface area contributed by atoms with E-state index in [0.29, 0.717) is 12.2 Å². The maximum absolute atomic E-state index is 5.82. The summed E-state index contributed by atoms with van der Waals surface area (Å²) in [5.74, 6) is 0. The Morgan fingerprint density at radius 2 is 1.31 bits per heavy atom. The second kappa shape index (κ2) is 6.02. The van der Waals surface area contributed by atoms with Crippen LogP contribution in [0, 0.1) is 0 Å². The molecule has 16 heavy (non-hydrogen) atoms. The lowest BCUT2D eigenvalue weighted by molar-refractivity contribution is -0.0828. The van der Waals surface area contributed by atoms with Crippen LogP contribution < -0.4 is 0 Å². The second-order valence-electron chi connectivity index (χ2n) is 5.71. The maximum atomic E-state index is 5.82. The molecule has 0 aromatic carbocycles. The highest BCUT2D eigenvalue weighted by Gasteiger charge is 2.27. The van der Waals surface area contributed by atoms with Crippen molar-refractivity contribution in [1.29, 1.82) is 0 Å². The molecule has 2 atom stereocenters. The van der Waals surface area contributed by atoms with Crippen LogP contribution in [0.15, 0.2) is 0 Å². The van der Waals surface area contributed by atoms with E-state index in [4.69, 9.17) is 4.74 Å². The Labute approximate surface area is 100 Å². The van der Waals surface area contributed by atoms with Crippen LogP contribution in [-0.4, -0.2) is 36.2 Å². The number of nitrogens with zero attached hydrogens (tertiary/aromatic N) is 1. The Morgan fingerprint density at radius 3 is 1.88 bits per heavy atom. The summed E-state index contributed by atoms with van der Waals surface area (Å²) in [4.78, 5) is 2.70. The summed E-state index contributed by atoms with van der Waals surface area (Å²) in [5.41, 5.74) is 0. The molecule has 2 unspecified atom stereocenters. The predicted octanol–water partition coefficient (Wildman–Crippen LogP) is 3.21. The Bertz CT molecular complexity index is 189. The van der Waals surface area contributed by atoms with E-state index in [1.54, 1.807) is 0 Å². The molecule has 2 fully saturated rings. The number of morpholine rings is 1. The van der Waals surface area contributed by atoms with Crippen molar-refractivity contribution in [2.24, 2.45) is 0 Å². The van der Waals surface area contributed by atoms with Crippen LogP contribution in [0.3, 0.4) is 0 Å². The zero-order valence-corrected chi connectivity index (χ0v) is 11.0. The van der Waals surface area contributed by atoms with Gasteiger partial charge in [0.15, 0.2) is 0 Å². The largest absolute Gasteiger partial charge is 0.373 e. The minimum atomic E-state index is 0.425. The van der Waals surface area contributed by atoms with E-state index in [1.165, 1.54) is 44.9 Å². The number of ether oxygens (including phenoxy) is 1. The number of rotatable bonds is 1. The first-order valence-electron chi connectivity index (χ1n) is 7.15. The first kappa shape index (κ1) is 12.4. The summed E-state index contributed by atoms with van der Waals surface area (Å²) < 4.78 is 5.82. The molecule has 1 saturated carbocycles. The maximum Gasteiger partial charge on any atom is 0.0678 e. The lowest BCUT2D eigenvalue weighted by Crippen LogP contribution is -2.50. The van der Waals surface area contributed by atoms with Gasteiger partial charge in [-0.3, -0.25) is 4.90 Å². The summed E-state index contributed by atoms with van der Waals surface area (Å²) in [6, 6.07) is 0.842. The average Bonchev–Trinajstić information content (AvgIpc) is 2.14. The standard InChI is InChI=1S/C14H27NO/c1-12-10-15(11-13(2)16-12)14-8-6-4-3-5-7-9-14/h12-14H,3-11H2,1-2H3. The zero-order valence-electron chi connectivity index (χ0n) is 11.0. The van der Waals surface area contributed by atoms with Crippen LogP contribution in [0.1, 0.15) is 58.8 Å². The molecule has 1 saturated heterocycles. The zero-order chi connectivity index (χ0) is 11.4. The van der Waals surface area contributed by atoms with Crippen LogP contribution in [0.5, 0.6) is 0 Å². The van der Waals surface area contributed by atoms with E-state index in [-0.39, 0.29) is 0 Å². The van der Waals surface area contributed by atoms with E-state index in [1.807, 2.05) is 0 Å². The van der Waals surface area contributed by atoms with Crippen molar-refractivity contribution in [3.63, 3.8) is 0 Å². The molecule has 0 aromatic rings. The summed E-state index contributed by atoms with van der Waals surface area (Å²) in [5, 5.41) is 0. The average molecular weight is 225 g/mol. The third-order valence-electron chi connectivity index (χ3n) is 4.04. The fraction of sp³-hybridized carbons (Fsp3) is 1.00. The summed E-state index contributed by atoms with van der Waals surface area (Å²) in [6.07, 6.45) is 10.9. The van der Waals surface area contributed by atoms with Gasteiger partial charge < -0.3 is 4.74 Å². The second-order valence-corrected chi connectivity index (χ2v) is 5.71. The predicted molar refractivity (Wildman–Crippen MR) is 67.7 cm³/mol. The van der Waals surface area contributed by atoms with E-state index < -0.39 is 0 Å². The van der Waals surface area contributed by atoms with Gasteiger partial charge in [0.1, 0.15) is 0 Å². The molecule has 0 amide bonds. The smallest absolute Gasteiger partial charge is 0.0678 e. The SMILES string of the molecule is CC1CN(C2CCCCCCC2)CC(C)O1. The van der Waals surface area contributed by atoms with Crippen LogP contribution in [0.25, 0.3) is 0 Å². The van der Waals surface area contributed by atoms with Crippen molar-refractivity contribution in [2.75, 3.05) is 13.1 Å². The molecule has 94 valence electrons. The van der Waals surface area contributed by atoms with E-state index >= 15 is 0 Å². The molecule has 2 aliphatic rings. The molecule has 1 heterocycles. The Balaban J connectivity index is 1.88. The quantitative estimate of drug-likeness (QED) is 0.679. The van der Waals surface area contributed by atoms with Crippen molar-refractivity contribution in [1.82, 2.24) is 4.90 Å². The van der Waals surface area contributed by atoms with Gasteiger partial charge in [-0.25, -0.2) is 0 Å². The fourth-order valence-electron chi connectivity index (χ4n) is 3.32. The molecule has 1 aliphatic heterocycles. The number of hydrogen-bond acceptors (Lipinski definition) is 2.